The highest BCUT2D eigenvalue weighted by Gasteiger charge is 2.00. The van der Waals surface area contributed by atoms with E-state index in [-0.39, 0.29) is 0 Å². The van der Waals surface area contributed by atoms with Crippen LogP contribution in [0.2, 0.25) is 0 Å². The number of aryl methyl sites for hydroxylation is 1. The fourth-order valence-electron chi connectivity index (χ4n) is 2.72. The number of aromatic hydroxyl groups is 1. The first-order valence-electron chi connectivity index (χ1n) is 8.57. The molecule has 0 aliphatic rings. The molecule has 0 fully saturated rings. The van der Waals surface area contributed by atoms with E-state index in [4.69, 9.17) is 0 Å². The second-order valence-corrected chi connectivity index (χ2v) is 6.36. The maximum Gasteiger partial charge on any atom is 0.115 e. The molecule has 1 atom stereocenters. The van der Waals surface area contributed by atoms with E-state index in [9.17, 15) is 5.11 Å². The van der Waals surface area contributed by atoms with E-state index in [1.54, 1.807) is 12.1 Å². The number of rotatable bonds is 8. The van der Waals surface area contributed by atoms with Gasteiger partial charge < -0.3 is 5.11 Å². The molecule has 118 valence electrons. The number of hydrogen-bond donors (Lipinski definition) is 1. The van der Waals surface area contributed by atoms with Crippen LogP contribution in [0.15, 0.2) is 48.5 Å². The highest BCUT2D eigenvalue weighted by molar-refractivity contribution is 5.64. The summed E-state index contributed by atoms with van der Waals surface area (Å²) in [5.41, 5.74) is 3.78. The average molecular weight is 296 g/mol. The van der Waals surface area contributed by atoms with Gasteiger partial charge in [-0.15, -0.1) is 0 Å². The Kier molecular flexibility index (Phi) is 6.51. The predicted molar refractivity (Wildman–Crippen MR) is 95.2 cm³/mol. The Hall–Kier alpha value is -1.76. The van der Waals surface area contributed by atoms with Gasteiger partial charge >= 0.3 is 0 Å². The van der Waals surface area contributed by atoms with Gasteiger partial charge in [-0.25, -0.2) is 0 Å². The van der Waals surface area contributed by atoms with Gasteiger partial charge in [-0.1, -0.05) is 75.9 Å². The largest absolute Gasteiger partial charge is 0.508 e. The lowest BCUT2D eigenvalue weighted by Gasteiger charge is -2.08. The molecule has 2 aromatic rings. The van der Waals surface area contributed by atoms with Crippen LogP contribution in [-0.2, 0) is 6.42 Å². The molecule has 1 unspecified atom stereocenters. The lowest BCUT2D eigenvalue weighted by Crippen LogP contribution is -1.92. The van der Waals surface area contributed by atoms with E-state index < -0.39 is 0 Å². The summed E-state index contributed by atoms with van der Waals surface area (Å²) in [6, 6.07) is 16.2. The highest BCUT2D eigenvalue weighted by atomic mass is 16.3. The van der Waals surface area contributed by atoms with Crippen LogP contribution in [0, 0.1) is 5.92 Å². The van der Waals surface area contributed by atoms with Gasteiger partial charge in [0.1, 0.15) is 5.75 Å². The van der Waals surface area contributed by atoms with Crippen LogP contribution in [0.3, 0.4) is 0 Å². The Labute approximate surface area is 135 Å². The van der Waals surface area contributed by atoms with E-state index in [2.05, 4.69) is 38.1 Å². The van der Waals surface area contributed by atoms with Crippen LogP contribution < -0.4 is 0 Å². The van der Waals surface area contributed by atoms with Crippen LogP contribution in [0.25, 0.3) is 11.1 Å². The summed E-state index contributed by atoms with van der Waals surface area (Å²) in [5.74, 6) is 1.20. The van der Waals surface area contributed by atoms with Crippen LogP contribution >= 0.6 is 0 Å². The summed E-state index contributed by atoms with van der Waals surface area (Å²) in [4.78, 5) is 0. The molecule has 0 heterocycles. The Morgan fingerprint density at radius 3 is 2.00 bits per heavy atom. The Balaban J connectivity index is 1.78. The Bertz CT molecular complexity index is 539. The zero-order valence-electron chi connectivity index (χ0n) is 13.9. The summed E-state index contributed by atoms with van der Waals surface area (Å²) in [6.07, 6.45) is 7.84. The zero-order valence-corrected chi connectivity index (χ0v) is 13.9. The number of benzene rings is 2. The Morgan fingerprint density at radius 1 is 0.818 bits per heavy atom. The van der Waals surface area contributed by atoms with Crippen molar-refractivity contribution in [1.82, 2.24) is 0 Å². The third-order valence-electron chi connectivity index (χ3n) is 4.51. The van der Waals surface area contributed by atoms with Crippen molar-refractivity contribution in [3.05, 3.63) is 54.1 Å². The average Bonchev–Trinajstić information content (AvgIpc) is 2.55. The van der Waals surface area contributed by atoms with Gasteiger partial charge in [-0.2, -0.15) is 0 Å². The molecule has 0 aromatic heterocycles. The molecule has 0 amide bonds. The van der Waals surface area contributed by atoms with Gasteiger partial charge in [-0.3, -0.25) is 0 Å². The molecular formula is C21H28O. The summed E-state index contributed by atoms with van der Waals surface area (Å²) >= 11 is 0. The van der Waals surface area contributed by atoms with Crippen molar-refractivity contribution in [2.24, 2.45) is 5.92 Å². The lowest BCUT2D eigenvalue weighted by molar-refractivity contribution is 0.475. The van der Waals surface area contributed by atoms with Gasteiger partial charge in [0.15, 0.2) is 0 Å². The molecular weight excluding hydrogens is 268 g/mol. The van der Waals surface area contributed by atoms with Crippen molar-refractivity contribution >= 4 is 0 Å². The second kappa shape index (κ2) is 8.63. The molecule has 1 nitrogen and oxygen atoms in total. The third-order valence-corrected chi connectivity index (χ3v) is 4.51. The molecule has 2 aromatic carbocycles. The Morgan fingerprint density at radius 2 is 1.41 bits per heavy atom. The lowest BCUT2D eigenvalue weighted by atomic mass is 9.98. The topological polar surface area (TPSA) is 20.2 Å². The molecule has 1 N–H and O–H groups in total. The summed E-state index contributed by atoms with van der Waals surface area (Å²) in [7, 11) is 0. The molecule has 2 rings (SSSR count). The summed E-state index contributed by atoms with van der Waals surface area (Å²) < 4.78 is 0. The third kappa shape index (κ3) is 5.22. The quantitative estimate of drug-likeness (QED) is 0.574. The second-order valence-electron chi connectivity index (χ2n) is 6.36. The van der Waals surface area contributed by atoms with Crippen molar-refractivity contribution in [2.75, 3.05) is 0 Å². The number of phenols is 1. The highest BCUT2D eigenvalue weighted by Crippen LogP contribution is 2.22. The molecule has 0 aliphatic heterocycles. The molecule has 0 radical (unpaired) electrons. The predicted octanol–water partition coefficient (Wildman–Crippen LogP) is 6.21. The molecule has 0 aliphatic carbocycles. The zero-order chi connectivity index (χ0) is 15.8. The molecule has 0 saturated heterocycles. The van der Waals surface area contributed by atoms with Gasteiger partial charge in [-0.05, 0) is 47.6 Å². The number of phenolic OH excluding ortho intramolecular Hbond substituents is 1. The first-order valence-corrected chi connectivity index (χ1v) is 8.57. The first-order chi connectivity index (χ1) is 10.7. The first kappa shape index (κ1) is 16.6. The fourth-order valence-corrected chi connectivity index (χ4v) is 2.72. The van der Waals surface area contributed by atoms with Crippen LogP contribution in [-0.4, -0.2) is 5.11 Å². The van der Waals surface area contributed by atoms with E-state index >= 15 is 0 Å². The van der Waals surface area contributed by atoms with Gasteiger partial charge in [0.05, 0.1) is 0 Å². The molecule has 0 bridgehead atoms. The summed E-state index contributed by atoms with van der Waals surface area (Å²) in [6.45, 7) is 4.63. The van der Waals surface area contributed by atoms with E-state index in [0.29, 0.717) is 5.75 Å². The standard InChI is InChI=1S/C21H28O/c1-3-17(2)7-5-4-6-8-18-9-11-19(12-10-18)20-13-15-21(22)16-14-20/h9-17,22H,3-8H2,1-2H3. The molecule has 0 saturated carbocycles. The molecule has 0 spiro atoms. The molecule has 22 heavy (non-hydrogen) atoms. The number of hydrogen-bond acceptors (Lipinski definition) is 1. The van der Waals surface area contributed by atoms with Crippen LogP contribution in [0.1, 0.15) is 51.5 Å². The SMILES string of the molecule is CCC(C)CCCCCc1ccc(-c2ccc(O)cc2)cc1. The van der Waals surface area contributed by atoms with E-state index in [0.717, 1.165) is 11.5 Å². The van der Waals surface area contributed by atoms with Crippen molar-refractivity contribution in [1.29, 1.82) is 0 Å². The van der Waals surface area contributed by atoms with Crippen molar-refractivity contribution in [2.45, 2.75) is 52.4 Å². The van der Waals surface area contributed by atoms with Crippen LogP contribution in [0.5, 0.6) is 5.75 Å². The maximum atomic E-state index is 9.34. The van der Waals surface area contributed by atoms with E-state index in [1.807, 2.05) is 12.1 Å². The summed E-state index contributed by atoms with van der Waals surface area (Å²) in [5, 5.41) is 9.34. The van der Waals surface area contributed by atoms with E-state index in [1.165, 1.54) is 49.7 Å². The minimum Gasteiger partial charge on any atom is -0.508 e. The van der Waals surface area contributed by atoms with Crippen molar-refractivity contribution in [3.63, 3.8) is 0 Å². The van der Waals surface area contributed by atoms with Crippen LogP contribution in [0.4, 0.5) is 0 Å². The minimum atomic E-state index is 0.317. The number of unbranched alkanes of at least 4 members (excludes halogenated alkanes) is 2. The van der Waals surface area contributed by atoms with Gasteiger partial charge in [0.25, 0.3) is 0 Å². The fraction of sp³-hybridized carbons (Fsp3) is 0.429. The van der Waals surface area contributed by atoms with Crippen molar-refractivity contribution in [3.8, 4) is 16.9 Å². The molecule has 1 heteroatoms. The smallest absolute Gasteiger partial charge is 0.115 e. The van der Waals surface area contributed by atoms with Crippen molar-refractivity contribution < 1.29 is 5.11 Å². The normalized spacial score (nSPS) is 12.3. The maximum absolute atomic E-state index is 9.34. The van der Waals surface area contributed by atoms with Gasteiger partial charge in [0.2, 0.25) is 0 Å². The van der Waals surface area contributed by atoms with Gasteiger partial charge in [0, 0.05) is 0 Å². The monoisotopic (exact) mass is 296 g/mol. The minimum absolute atomic E-state index is 0.317.